The molecule has 1 aromatic carbocycles. The second kappa shape index (κ2) is 5.18. The largest absolute Gasteiger partial charge is 0.350 e. The van der Waals surface area contributed by atoms with Gasteiger partial charge in [-0.1, -0.05) is 42.5 Å². The molecule has 1 aromatic rings. The van der Waals surface area contributed by atoms with E-state index in [4.69, 9.17) is 0 Å². The number of benzene rings is 1. The predicted molar refractivity (Wildman–Crippen MR) is 70.4 cm³/mol. The van der Waals surface area contributed by atoms with Crippen LogP contribution in [0.4, 0.5) is 0 Å². The van der Waals surface area contributed by atoms with E-state index < -0.39 is 15.7 Å². The van der Waals surface area contributed by atoms with Crippen LogP contribution < -0.4 is 5.32 Å². The van der Waals surface area contributed by atoms with Crippen molar-refractivity contribution in [1.29, 1.82) is 0 Å². The number of amides is 1. The fraction of sp³-hybridized carbons (Fsp3) is 0.154. The van der Waals surface area contributed by atoms with Crippen LogP contribution in [0.3, 0.4) is 0 Å². The van der Waals surface area contributed by atoms with Gasteiger partial charge in [0.2, 0.25) is 0 Å². The summed E-state index contributed by atoms with van der Waals surface area (Å²) in [7, 11) is -3.43. The summed E-state index contributed by atoms with van der Waals surface area (Å²) in [5.74, 6) is -0.567. The zero-order valence-electron chi connectivity index (χ0n) is 9.67. The molecule has 1 N–H and O–H groups in total. The van der Waals surface area contributed by atoms with Crippen LogP contribution >= 0.6 is 0 Å². The molecule has 1 saturated heterocycles. The SMILES string of the molecule is O=C1NCCS(=O)(=O)/C1=C/C=C/c1ccccc1. The van der Waals surface area contributed by atoms with Crippen molar-refractivity contribution in [3.05, 3.63) is 53.0 Å². The van der Waals surface area contributed by atoms with Gasteiger partial charge < -0.3 is 5.32 Å². The maximum atomic E-state index is 11.7. The van der Waals surface area contributed by atoms with Gasteiger partial charge in [0.1, 0.15) is 4.91 Å². The molecular weight excluding hydrogens is 250 g/mol. The normalized spacial score (nSPS) is 21.1. The highest BCUT2D eigenvalue weighted by Crippen LogP contribution is 2.12. The maximum absolute atomic E-state index is 11.7. The molecule has 0 aromatic heterocycles. The minimum atomic E-state index is -3.43. The monoisotopic (exact) mass is 263 g/mol. The molecule has 0 atom stereocenters. The Balaban J connectivity index is 2.22. The first kappa shape index (κ1) is 12.6. The number of carbonyl (C=O) groups is 1. The minimum absolute atomic E-state index is 0.0379. The Morgan fingerprint density at radius 3 is 2.56 bits per heavy atom. The van der Waals surface area contributed by atoms with E-state index in [2.05, 4.69) is 5.32 Å². The Bertz CT molecular complexity index is 600. The molecule has 0 aliphatic carbocycles. The third kappa shape index (κ3) is 2.87. The van der Waals surface area contributed by atoms with E-state index in [-0.39, 0.29) is 17.2 Å². The lowest BCUT2D eigenvalue weighted by Crippen LogP contribution is -2.39. The van der Waals surface area contributed by atoms with Crippen LogP contribution in [-0.2, 0) is 14.6 Å². The number of nitrogens with one attached hydrogen (secondary N) is 1. The van der Waals surface area contributed by atoms with Gasteiger partial charge in [0.25, 0.3) is 5.91 Å². The van der Waals surface area contributed by atoms with Gasteiger partial charge in [-0.05, 0) is 11.6 Å². The minimum Gasteiger partial charge on any atom is -0.350 e. The molecule has 1 aliphatic rings. The number of allylic oxidation sites excluding steroid dienone is 2. The summed E-state index contributed by atoms with van der Waals surface area (Å²) in [6, 6.07) is 9.46. The number of carbonyl (C=O) groups excluding carboxylic acids is 1. The fourth-order valence-electron chi connectivity index (χ4n) is 1.63. The summed E-state index contributed by atoms with van der Waals surface area (Å²) >= 11 is 0. The van der Waals surface area contributed by atoms with Crippen molar-refractivity contribution in [2.24, 2.45) is 0 Å². The van der Waals surface area contributed by atoms with Crippen molar-refractivity contribution in [2.75, 3.05) is 12.3 Å². The molecule has 0 saturated carbocycles. The molecule has 5 heteroatoms. The molecule has 0 bridgehead atoms. The van der Waals surface area contributed by atoms with Gasteiger partial charge in [0, 0.05) is 6.54 Å². The van der Waals surface area contributed by atoms with Crippen LogP contribution in [0.2, 0.25) is 0 Å². The second-order valence-electron chi connectivity index (χ2n) is 3.88. The maximum Gasteiger partial charge on any atom is 0.262 e. The molecule has 1 heterocycles. The number of sulfone groups is 1. The van der Waals surface area contributed by atoms with Crippen LogP contribution in [0.25, 0.3) is 6.08 Å². The predicted octanol–water partition coefficient (Wildman–Crippen LogP) is 1.13. The highest BCUT2D eigenvalue weighted by molar-refractivity contribution is 7.96. The quantitative estimate of drug-likeness (QED) is 0.813. The Kier molecular flexibility index (Phi) is 3.62. The van der Waals surface area contributed by atoms with Gasteiger partial charge in [-0.25, -0.2) is 8.42 Å². The van der Waals surface area contributed by atoms with Crippen LogP contribution in [-0.4, -0.2) is 26.6 Å². The Morgan fingerprint density at radius 1 is 1.17 bits per heavy atom. The Morgan fingerprint density at radius 2 is 1.89 bits per heavy atom. The van der Waals surface area contributed by atoms with E-state index >= 15 is 0 Å². The molecule has 18 heavy (non-hydrogen) atoms. The van der Waals surface area contributed by atoms with Gasteiger partial charge in [0.15, 0.2) is 9.84 Å². The first-order valence-corrected chi connectivity index (χ1v) is 7.19. The molecule has 0 spiro atoms. The molecule has 4 nitrogen and oxygen atoms in total. The summed E-state index contributed by atoms with van der Waals surface area (Å²) in [5, 5.41) is 2.52. The standard InChI is InChI=1S/C13H13NO3S/c15-13-12(18(16,17)10-9-14-13)8-4-7-11-5-2-1-3-6-11/h1-8H,9-10H2,(H,14,15)/b7-4+,12-8+. The Hall–Kier alpha value is -1.88. The third-order valence-corrected chi connectivity index (χ3v) is 4.28. The smallest absolute Gasteiger partial charge is 0.262 e. The highest BCUT2D eigenvalue weighted by atomic mass is 32.2. The summed E-state index contributed by atoms with van der Waals surface area (Å²) in [4.78, 5) is 11.3. The van der Waals surface area contributed by atoms with Crippen LogP contribution in [0.1, 0.15) is 5.56 Å². The van der Waals surface area contributed by atoms with E-state index in [9.17, 15) is 13.2 Å². The number of rotatable bonds is 2. The topological polar surface area (TPSA) is 63.2 Å². The van der Waals surface area contributed by atoms with Gasteiger partial charge in [-0.3, -0.25) is 4.79 Å². The molecule has 1 fully saturated rings. The highest BCUT2D eigenvalue weighted by Gasteiger charge is 2.28. The Labute approximate surface area is 106 Å². The number of hydrogen-bond donors (Lipinski definition) is 1. The van der Waals surface area contributed by atoms with Gasteiger partial charge in [-0.2, -0.15) is 0 Å². The van der Waals surface area contributed by atoms with Crippen molar-refractivity contribution >= 4 is 21.8 Å². The van der Waals surface area contributed by atoms with E-state index in [1.54, 1.807) is 12.2 Å². The summed E-state index contributed by atoms with van der Waals surface area (Å²) in [6.07, 6.45) is 4.67. The number of hydrogen-bond acceptors (Lipinski definition) is 3. The van der Waals surface area contributed by atoms with Crippen molar-refractivity contribution in [3.8, 4) is 0 Å². The van der Waals surface area contributed by atoms with E-state index in [1.165, 1.54) is 6.08 Å². The van der Waals surface area contributed by atoms with Crippen molar-refractivity contribution in [1.82, 2.24) is 5.32 Å². The van der Waals surface area contributed by atoms with Crippen molar-refractivity contribution in [2.45, 2.75) is 0 Å². The molecular formula is C13H13NO3S. The zero-order valence-corrected chi connectivity index (χ0v) is 10.5. The average molecular weight is 263 g/mol. The summed E-state index contributed by atoms with van der Waals surface area (Å²) in [5.41, 5.74) is 0.947. The lowest BCUT2D eigenvalue weighted by atomic mass is 10.2. The zero-order chi connectivity index (χ0) is 13.0. The molecule has 94 valence electrons. The van der Waals surface area contributed by atoms with E-state index in [0.29, 0.717) is 0 Å². The second-order valence-corrected chi connectivity index (χ2v) is 5.95. The van der Waals surface area contributed by atoms with E-state index in [1.807, 2.05) is 30.3 Å². The molecule has 0 unspecified atom stereocenters. The average Bonchev–Trinajstić information content (AvgIpc) is 2.34. The van der Waals surface area contributed by atoms with Crippen molar-refractivity contribution < 1.29 is 13.2 Å². The lowest BCUT2D eigenvalue weighted by Gasteiger charge is -2.14. The molecule has 1 aliphatic heterocycles. The van der Waals surface area contributed by atoms with Crippen LogP contribution in [0, 0.1) is 0 Å². The van der Waals surface area contributed by atoms with Gasteiger partial charge >= 0.3 is 0 Å². The molecule has 2 rings (SSSR count). The third-order valence-electron chi connectivity index (χ3n) is 2.55. The summed E-state index contributed by atoms with van der Waals surface area (Å²) < 4.78 is 23.3. The molecule has 0 radical (unpaired) electrons. The first-order valence-electron chi connectivity index (χ1n) is 5.54. The van der Waals surface area contributed by atoms with E-state index in [0.717, 1.165) is 5.56 Å². The van der Waals surface area contributed by atoms with Gasteiger partial charge in [0.05, 0.1) is 5.75 Å². The van der Waals surface area contributed by atoms with Crippen LogP contribution in [0.15, 0.2) is 47.4 Å². The van der Waals surface area contributed by atoms with Crippen LogP contribution in [0.5, 0.6) is 0 Å². The van der Waals surface area contributed by atoms with Gasteiger partial charge in [-0.15, -0.1) is 0 Å². The molecule has 1 amide bonds. The summed E-state index contributed by atoms with van der Waals surface area (Å²) in [6.45, 7) is 0.181. The fourth-order valence-corrected chi connectivity index (χ4v) is 2.86. The first-order chi connectivity index (χ1) is 8.59. The lowest BCUT2D eigenvalue weighted by molar-refractivity contribution is -0.116. The van der Waals surface area contributed by atoms with Crippen molar-refractivity contribution in [3.63, 3.8) is 0 Å².